The largest absolute Gasteiger partial charge is 0.508 e. The summed E-state index contributed by atoms with van der Waals surface area (Å²) >= 11 is 0. The van der Waals surface area contributed by atoms with Gasteiger partial charge >= 0.3 is 0 Å². The summed E-state index contributed by atoms with van der Waals surface area (Å²) in [6, 6.07) is 13.5. The van der Waals surface area contributed by atoms with Gasteiger partial charge in [-0.15, -0.1) is 0 Å². The number of pyridine rings is 1. The van der Waals surface area contributed by atoms with Crippen molar-refractivity contribution in [3.8, 4) is 5.75 Å². The molecular weight excluding hydrogens is 224 g/mol. The zero-order valence-corrected chi connectivity index (χ0v) is 10.5. The van der Waals surface area contributed by atoms with Crippen LogP contribution in [-0.4, -0.2) is 16.6 Å². The van der Waals surface area contributed by atoms with Crippen molar-refractivity contribution in [1.82, 2.24) is 10.3 Å². The van der Waals surface area contributed by atoms with Crippen LogP contribution in [0.15, 0.2) is 48.7 Å². The molecule has 2 rings (SSSR count). The molecule has 0 fully saturated rings. The molecule has 0 spiro atoms. The molecule has 2 N–H and O–H groups in total. The number of likely N-dealkylation sites (N-methyl/N-ethyl adjacent to an activating group) is 1. The molecule has 18 heavy (non-hydrogen) atoms. The summed E-state index contributed by atoms with van der Waals surface area (Å²) in [7, 11) is 0. The van der Waals surface area contributed by atoms with Crippen molar-refractivity contribution >= 4 is 0 Å². The predicted molar refractivity (Wildman–Crippen MR) is 72.5 cm³/mol. The lowest BCUT2D eigenvalue weighted by molar-refractivity contribution is 0.473. The Morgan fingerprint density at radius 2 is 2.11 bits per heavy atom. The molecule has 0 saturated carbocycles. The molecular formula is C15H18N2O. The van der Waals surface area contributed by atoms with Gasteiger partial charge in [0.2, 0.25) is 0 Å². The zero-order chi connectivity index (χ0) is 12.8. The molecule has 3 heteroatoms. The fraction of sp³-hybridized carbons (Fsp3) is 0.267. The monoisotopic (exact) mass is 242 g/mol. The van der Waals surface area contributed by atoms with Gasteiger partial charge in [0.05, 0.1) is 11.7 Å². The highest BCUT2D eigenvalue weighted by molar-refractivity contribution is 5.28. The van der Waals surface area contributed by atoms with Crippen molar-refractivity contribution in [3.05, 3.63) is 59.9 Å². The highest BCUT2D eigenvalue weighted by atomic mass is 16.3. The second kappa shape index (κ2) is 6.17. The molecule has 1 heterocycles. The van der Waals surface area contributed by atoms with Gasteiger partial charge < -0.3 is 10.4 Å². The topological polar surface area (TPSA) is 45.1 Å². The number of phenols is 1. The van der Waals surface area contributed by atoms with Crippen LogP contribution in [0, 0.1) is 0 Å². The molecule has 1 atom stereocenters. The van der Waals surface area contributed by atoms with E-state index in [9.17, 15) is 5.11 Å². The van der Waals surface area contributed by atoms with Crippen LogP contribution in [0.3, 0.4) is 0 Å². The van der Waals surface area contributed by atoms with E-state index in [2.05, 4.69) is 17.2 Å². The first-order valence-electron chi connectivity index (χ1n) is 6.22. The molecule has 2 aromatic rings. The zero-order valence-electron chi connectivity index (χ0n) is 10.5. The van der Waals surface area contributed by atoms with Crippen molar-refractivity contribution in [2.45, 2.75) is 19.4 Å². The van der Waals surface area contributed by atoms with E-state index in [1.807, 2.05) is 36.5 Å². The van der Waals surface area contributed by atoms with Crippen molar-refractivity contribution < 1.29 is 5.11 Å². The van der Waals surface area contributed by atoms with Crippen LogP contribution in [0.5, 0.6) is 5.75 Å². The number of aromatic nitrogens is 1. The molecule has 0 saturated heterocycles. The lowest BCUT2D eigenvalue weighted by atomic mass is 10.0. The third kappa shape index (κ3) is 3.31. The first-order chi connectivity index (χ1) is 8.79. The number of aromatic hydroxyl groups is 1. The van der Waals surface area contributed by atoms with Crippen LogP contribution in [0.1, 0.15) is 24.2 Å². The fourth-order valence-electron chi connectivity index (χ4n) is 2.03. The number of rotatable bonds is 5. The highest BCUT2D eigenvalue weighted by Gasteiger charge is 2.12. The summed E-state index contributed by atoms with van der Waals surface area (Å²) in [4.78, 5) is 4.39. The molecule has 0 amide bonds. The predicted octanol–water partition coefficient (Wildman–Crippen LogP) is 2.68. The van der Waals surface area contributed by atoms with E-state index in [1.165, 1.54) is 0 Å². The summed E-state index contributed by atoms with van der Waals surface area (Å²) in [5.74, 6) is 0.309. The number of benzene rings is 1. The molecule has 1 aromatic carbocycles. The van der Waals surface area contributed by atoms with Crippen molar-refractivity contribution in [2.75, 3.05) is 6.54 Å². The van der Waals surface area contributed by atoms with Gasteiger partial charge in [-0.05, 0) is 42.8 Å². The number of nitrogens with zero attached hydrogens (tertiary/aromatic N) is 1. The van der Waals surface area contributed by atoms with Crippen LogP contribution in [0.4, 0.5) is 0 Å². The van der Waals surface area contributed by atoms with E-state index in [0.717, 1.165) is 24.2 Å². The van der Waals surface area contributed by atoms with Gasteiger partial charge in [-0.25, -0.2) is 0 Å². The molecule has 0 bridgehead atoms. The van der Waals surface area contributed by atoms with Gasteiger partial charge in [0.25, 0.3) is 0 Å². The molecule has 1 unspecified atom stereocenters. The maximum absolute atomic E-state index is 9.49. The fourth-order valence-corrected chi connectivity index (χ4v) is 2.03. The van der Waals surface area contributed by atoms with Crippen LogP contribution >= 0.6 is 0 Å². The van der Waals surface area contributed by atoms with E-state index in [4.69, 9.17) is 0 Å². The Morgan fingerprint density at radius 1 is 1.22 bits per heavy atom. The minimum absolute atomic E-state index is 0.179. The van der Waals surface area contributed by atoms with Crippen LogP contribution < -0.4 is 5.32 Å². The summed E-state index contributed by atoms with van der Waals surface area (Å²) in [5, 5.41) is 12.9. The Hall–Kier alpha value is -1.87. The average Bonchev–Trinajstić information content (AvgIpc) is 2.39. The third-order valence-corrected chi connectivity index (χ3v) is 2.85. The lowest BCUT2D eigenvalue weighted by Crippen LogP contribution is -2.23. The second-order valence-electron chi connectivity index (χ2n) is 4.24. The Kier molecular flexibility index (Phi) is 4.31. The molecule has 0 aliphatic carbocycles. The van der Waals surface area contributed by atoms with Gasteiger partial charge in [0, 0.05) is 6.20 Å². The van der Waals surface area contributed by atoms with Crippen LogP contribution in [-0.2, 0) is 6.42 Å². The van der Waals surface area contributed by atoms with E-state index >= 15 is 0 Å². The standard InChI is InChI=1S/C15H18N2O/c1-2-16-15(14-8-3-4-9-17-14)11-12-6-5-7-13(18)10-12/h3-10,15-16,18H,2,11H2,1H3. The van der Waals surface area contributed by atoms with Crippen molar-refractivity contribution in [2.24, 2.45) is 0 Å². The van der Waals surface area contributed by atoms with Gasteiger partial charge in [0.15, 0.2) is 0 Å². The molecule has 0 radical (unpaired) electrons. The molecule has 1 aromatic heterocycles. The highest BCUT2D eigenvalue weighted by Crippen LogP contribution is 2.19. The van der Waals surface area contributed by atoms with E-state index in [0.29, 0.717) is 5.75 Å². The SMILES string of the molecule is CCNC(Cc1cccc(O)c1)c1ccccn1. The van der Waals surface area contributed by atoms with Gasteiger partial charge in [-0.2, -0.15) is 0 Å². The lowest BCUT2D eigenvalue weighted by Gasteiger charge is -2.17. The smallest absolute Gasteiger partial charge is 0.115 e. The minimum atomic E-state index is 0.179. The number of nitrogens with one attached hydrogen (secondary N) is 1. The Balaban J connectivity index is 2.16. The average molecular weight is 242 g/mol. The van der Waals surface area contributed by atoms with Gasteiger partial charge in [0.1, 0.15) is 5.75 Å². The third-order valence-electron chi connectivity index (χ3n) is 2.85. The number of hydrogen-bond acceptors (Lipinski definition) is 3. The molecule has 94 valence electrons. The van der Waals surface area contributed by atoms with Gasteiger partial charge in [-0.1, -0.05) is 25.1 Å². The van der Waals surface area contributed by atoms with E-state index in [-0.39, 0.29) is 6.04 Å². The quantitative estimate of drug-likeness (QED) is 0.847. The first kappa shape index (κ1) is 12.6. The maximum atomic E-state index is 9.49. The molecule has 3 nitrogen and oxygen atoms in total. The molecule has 0 aliphatic heterocycles. The summed E-state index contributed by atoms with van der Waals surface area (Å²) in [6.45, 7) is 2.97. The first-order valence-corrected chi connectivity index (χ1v) is 6.22. The normalized spacial score (nSPS) is 12.3. The Morgan fingerprint density at radius 3 is 2.78 bits per heavy atom. The van der Waals surface area contributed by atoms with E-state index < -0.39 is 0 Å². The Bertz CT molecular complexity index is 485. The van der Waals surface area contributed by atoms with Crippen LogP contribution in [0.2, 0.25) is 0 Å². The summed E-state index contributed by atoms with van der Waals surface area (Å²) < 4.78 is 0. The minimum Gasteiger partial charge on any atom is -0.508 e. The second-order valence-corrected chi connectivity index (χ2v) is 4.24. The summed E-state index contributed by atoms with van der Waals surface area (Å²) in [6.07, 6.45) is 2.63. The maximum Gasteiger partial charge on any atom is 0.115 e. The van der Waals surface area contributed by atoms with E-state index in [1.54, 1.807) is 12.1 Å². The van der Waals surface area contributed by atoms with Crippen molar-refractivity contribution in [3.63, 3.8) is 0 Å². The summed E-state index contributed by atoms with van der Waals surface area (Å²) in [5.41, 5.74) is 2.13. The Labute approximate surface area is 108 Å². The number of hydrogen-bond donors (Lipinski definition) is 2. The van der Waals surface area contributed by atoms with Gasteiger partial charge in [-0.3, -0.25) is 4.98 Å². The number of phenolic OH excluding ortho intramolecular Hbond substituents is 1. The molecule has 0 aliphatic rings. The van der Waals surface area contributed by atoms with Crippen LogP contribution in [0.25, 0.3) is 0 Å². The van der Waals surface area contributed by atoms with Crippen molar-refractivity contribution in [1.29, 1.82) is 0 Å².